The summed E-state index contributed by atoms with van der Waals surface area (Å²) in [5.41, 5.74) is 1.54. The number of nitriles is 1. The van der Waals surface area contributed by atoms with Crippen LogP contribution in [0.2, 0.25) is 0 Å². The molecule has 20 heavy (non-hydrogen) atoms. The van der Waals surface area contributed by atoms with Crippen LogP contribution in [0, 0.1) is 17.2 Å². The summed E-state index contributed by atoms with van der Waals surface area (Å²) >= 11 is 0. The third kappa shape index (κ3) is 3.82. The molecule has 1 aromatic rings. The van der Waals surface area contributed by atoms with Gasteiger partial charge in [-0.1, -0.05) is 19.1 Å². The lowest BCUT2D eigenvalue weighted by atomic mass is 9.99. The molecule has 106 valence electrons. The van der Waals surface area contributed by atoms with Crippen molar-refractivity contribution in [1.29, 1.82) is 5.26 Å². The highest BCUT2D eigenvalue weighted by Crippen LogP contribution is 2.22. The molecule has 1 aliphatic heterocycles. The van der Waals surface area contributed by atoms with Crippen LogP contribution in [0.3, 0.4) is 0 Å². The summed E-state index contributed by atoms with van der Waals surface area (Å²) in [5.74, 6) is 0.460. The van der Waals surface area contributed by atoms with Gasteiger partial charge in [0.05, 0.1) is 24.2 Å². The van der Waals surface area contributed by atoms with E-state index >= 15 is 0 Å². The largest absolute Gasteiger partial charge is 0.378 e. The van der Waals surface area contributed by atoms with Gasteiger partial charge in [0.15, 0.2) is 0 Å². The zero-order valence-corrected chi connectivity index (χ0v) is 11.8. The van der Waals surface area contributed by atoms with Gasteiger partial charge in [-0.2, -0.15) is 5.26 Å². The molecule has 1 amide bonds. The van der Waals surface area contributed by atoms with Gasteiger partial charge in [-0.05, 0) is 30.5 Å². The summed E-state index contributed by atoms with van der Waals surface area (Å²) in [6, 6.07) is 9.19. The van der Waals surface area contributed by atoms with Crippen molar-refractivity contribution in [2.45, 2.75) is 32.3 Å². The zero-order chi connectivity index (χ0) is 14.4. The number of carbonyl (C=O) groups is 1. The first-order valence-corrected chi connectivity index (χ1v) is 7.10. The van der Waals surface area contributed by atoms with Crippen molar-refractivity contribution in [1.82, 2.24) is 5.32 Å². The molecule has 2 unspecified atom stereocenters. The fraction of sp³-hybridized carbons (Fsp3) is 0.500. The summed E-state index contributed by atoms with van der Waals surface area (Å²) in [5, 5.41) is 11.7. The quantitative estimate of drug-likeness (QED) is 0.892. The van der Waals surface area contributed by atoms with Crippen molar-refractivity contribution in [2.24, 2.45) is 5.92 Å². The standard InChI is InChI=1S/C16H20N2O2/c1-2-15-14(7-8-20-15)11-18-16(19)9-12-3-5-13(10-17)6-4-12/h3-6,14-15H,2,7-9,11H2,1H3,(H,18,19). The second-order valence-corrected chi connectivity index (χ2v) is 5.16. The number of amides is 1. The summed E-state index contributed by atoms with van der Waals surface area (Å²) in [6.45, 7) is 3.60. The van der Waals surface area contributed by atoms with E-state index in [1.54, 1.807) is 12.1 Å². The van der Waals surface area contributed by atoms with Crippen LogP contribution < -0.4 is 5.32 Å². The highest BCUT2D eigenvalue weighted by Gasteiger charge is 2.26. The van der Waals surface area contributed by atoms with Gasteiger partial charge in [-0.15, -0.1) is 0 Å². The Labute approximate surface area is 119 Å². The molecule has 1 aromatic carbocycles. The number of nitrogens with one attached hydrogen (secondary N) is 1. The molecule has 1 aliphatic rings. The average Bonchev–Trinajstić information content (AvgIpc) is 2.93. The topological polar surface area (TPSA) is 62.1 Å². The van der Waals surface area contributed by atoms with Crippen LogP contribution in [-0.4, -0.2) is 25.2 Å². The van der Waals surface area contributed by atoms with Gasteiger partial charge in [0, 0.05) is 19.1 Å². The Morgan fingerprint density at radius 1 is 1.45 bits per heavy atom. The van der Waals surface area contributed by atoms with Crippen molar-refractivity contribution in [3.8, 4) is 6.07 Å². The molecule has 0 radical (unpaired) electrons. The van der Waals surface area contributed by atoms with Crippen LogP contribution in [-0.2, 0) is 16.0 Å². The molecule has 0 saturated carbocycles. The van der Waals surface area contributed by atoms with E-state index in [1.165, 1.54) is 0 Å². The Kier molecular flexibility index (Phi) is 5.14. The predicted molar refractivity (Wildman–Crippen MR) is 76.0 cm³/mol. The van der Waals surface area contributed by atoms with Crippen molar-refractivity contribution in [3.05, 3.63) is 35.4 Å². The number of nitrogens with zero attached hydrogens (tertiary/aromatic N) is 1. The molecular weight excluding hydrogens is 252 g/mol. The Morgan fingerprint density at radius 3 is 2.85 bits per heavy atom. The molecule has 1 fully saturated rings. The Balaban J connectivity index is 1.79. The second-order valence-electron chi connectivity index (χ2n) is 5.16. The lowest BCUT2D eigenvalue weighted by Gasteiger charge is -2.17. The number of ether oxygens (including phenoxy) is 1. The van der Waals surface area contributed by atoms with E-state index < -0.39 is 0 Å². The van der Waals surface area contributed by atoms with Crippen LogP contribution in [0.15, 0.2) is 24.3 Å². The number of hydrogen-bond acceptors (Lipinski definition) is 3. The first-order chi connectivity index (χ1) is 9.72. The monoisotopic (exact) mass is 272 g/mol. The second kappa shape index (κ2) is 7.06. The Bertz CT molecular complexity index is 490. The van der Waals surface area contributed by atoms with Gasteiger partial charge in [0.1, 0.15) is 0 Å². The molecule has 0 bridgehead atoms. The first-order valence-electron chi connectivity index (χ1n) is 7.10. The third-order valence-electron chi connectivity index (χ3n) is 3.76. The molecule has 0 aromatic heterocycles. The summed E-state index contributed by atoms with van der Waals surface area (Å²) < 4.78 is 5.61. The van der Waals surface area contributed by atoms with E-state index in [-0.39, 0.29) is 12.0 Å². The maximum absolute atomic E-state index is 11.9. The highest BCUT2D eigenvalue weighted by molar-refractivity contribution is 5.78. The third-order valence-corrected chi connectivity index (χ3v) is 3.76. The molecule has 4 heteroatoms. The van der Waals surface area contributed by atoms with E-state index in [0.29, 0.717) is 24.4 Å². The van der Waals surface area contributed by atoms with Gasteiger partial charge in [0.25, 0.3) is 0 Å². The Morgan fingerprint density at radius 2 is 2.20 bits per heavy atom. The maximum Gasteiger partial charge on any atom is 0.224 e. The van der Waals surface area contributed by atoms with E-state index in [0.717, 1.165) is 25.0 Å². The van der Waals surface area contributed by atoms with Crippen molar-refractivity contribution in [3.63, 3.8) is 0 Å². The molecule has 0 spiro atoms. The Hall–Kier alpha value is -1.86. The smallest absolute Gasteiger partial charge is 0.224 e. The van der Waals surface area contributed by atoms with Gasteiger partial charge in [-0.25, -0.2) is 0 Å². The van der Waals surface area contributed by atoms with Crippen LogP contribution in [0.4, 0.5) is 0 Å². The van der Waals surface area contributed by atoms with Gasteiger partial charge >= 0.3 is 0 Å². The normalized spacial score (nSPS) is 21.4. The van der Waals surface area contributed by atoms with Crippen molar-refractivity contribution >= 4 is 5.91 Å². The van der Waals surface area contributed by atoms with Gasteiger partial charge in [0.2, 0.25) is 5.91 Å². The first kappa shape index (κ1) is 14.5. The molecule has 2 atom stereocenters. The maximum atomic E-state index is 11.9. The van der Waals surface area contributed by atoms with Crippen LogP contribution in [0.1, 0.15) is 30.9 Å². The minimum absolute atomic E-state index is 0.0245. The summed E-state index contributed by atoms with van der Waals surface area (Å²) in [4.78, 5) is 11.9. The van der Waals surface area contributed by atoms with Crippen LogP contribution >= 0.6 is 0 Å². The highest BCUT2D eigenvalue weighted by atomic mass is 16.5. The molecule has 1 saturated heterocycles. The molecular formula is C16H20N2O2. The fourth-order valence-electron chi connectivity index (χ4n) is 2.57. The van der Waals surface area contributed by atoms with E-state index in [4.69, 9.17) is 10.00 Å². The molecule has 4 nitrogen and oxygen atoms in total. The van der Waals surface area contributed by atoms with Crippen LogP contribution in [0.5, 0.6) is 0 Å². The molecule has 1 heterocycles. The minimum Gasteiger partial charge on any atom is -0.378 e. The number of benzene rings is 1. The number of carbonyl (C=O) groups excluding carboxylic acids is 1. The fourth-order valence-corrected chi connectivity index (χ4v) is 2.57. The number of hydrogen-bond donors (Lipinski definition) is 1. The lowest BCUT2D eigenvalue weighted by Crippen LogP contribution is -2.33. The summed E-state index contributed by atoms with van der Waals surface area (Å²) in [6.07, 6.45) is 2.66. The summed E-state index contributed by atoms with van der Waals surface area (Å²) in [7, 11) is 0. The molecule has 2 rings (SSSR count). The van der Waals surface area contributed by atoms with Gasteiger partial charge in [-0.3, -0.25) is 4.79 Å². The van der Waals surface area contributed by atoms with Crippen molar-refractivity contribution in [2.75, 3.05) is 13.2 Å². The van der Waals surface area contributed by atoms with E-state index in [9.17, 15) is 4.79 Å². The van der Waals surface area contributed by atoms with Gasteiger partial charge < -0.3 is 10.1 Å². The zero-order valence-electron chi connectivity index (χ0n) is 11.8. The number of rotatable bonds is 5. The van der Waals surface area contributed by atoms with Crippen molar-refractivity contribution < 1.29 is 9.53 Å². The SMILES string of the molecule is CCC1OCCC1CNC(=O)Cc1ccc(C#N)cc1. The van der Waals surface area contributed by atoms with E-state index in [1.807, 2.05) is 12.1 Å². The molecule has 0 aliphatic carbocycles. The van der Waals surface area contributed by atoms with Crippen LogP contribution in [0.25, 0.3) is 0 Å². The minimum atomic E-state index is 0.0245. The molecule has 1 N–H and O–H groups in total. The average molecular weight is 272 g/mol. The predicted octanol–water partition coefficient (Wildman–Crippen LogP) is 2.03. The van der Waals surface area contributed by atoms with E-state index in [2.05, 4.69) is 18.3 Å². The lowest BCUT2D eigenvalue weighted by molar-refractivity contribution is -0.120.